The number of fused-ring (bicyclic) bond motifs is 20. The van der Waals surface area contributed by atoms with Gasteiger partial charge in [-0.15, -0.1) is 0 Å². The fourth-order valence-electron chi connectivity index (χ4n) is 22.7. The molecule has 0 aliphatic carbocycles. The lowest BCUT2D eigenvalue weighted by molar-refractivity contribution is 0.488. The summed E-state index contributed by atoms with van der Waals surface area (Å²) in [6, 6.07) is 120. The Morgan fingerprint density at radius 2 is 0.631 bits per heavy atom. The van der Waals surface area contributed by atoms with E-state index in [1.807, 2.05) is 0 Å². The van der Waals surface area contributed by atoms with Crippen molar-refractivity contribution in [2.24, 2.45) is 0 Å². The number of aryl methyl sites for hydroxylation is 6. The van der Waals surface area contributed by atoms with E-state index in [0.717, 1.165) is 258 Å². The number of anilines is 17. The standard InChI is InChI=1S/C116H91B3N6O5/c1-67-53-69(3)109(70(4)54-67)124-94-65-92-88(117-86-49-51-98-104(82-45-31-47-84(111(82)127-98)115(7,8)9)113(86)129-101-60-79(57-93(120-92)106(101)117)121(73-33-19-13-20-34-73)74-35-21-14-22-36-74)63-89(94)119-91-64-90-95(66-100(91)126-102-61-80(58-96(124)107(102)119)122(75-37-23-15-24-38-75)76-39-25-16-26-40-76)125(110-71(5)55-68(2)56-72(110)6)97-59-81(123(77-41-27-17-28-42-77)78-43-29-18-30-44-78)62-103-108(97)118(90)87-50-52-99-105(114(87)130-103)83-46-32-48-85(112(83)128-99)116(10,11)12/h13-66,120H,1-12H3. The van der Waals surface area contributed by atoms with Crippen molar-refractivity contribution in [1.29, 1.82) is 0 Å². The summed E-state index contributed by atoms with van der Waals surface area (Å²) in [7, 11) is 0. The van der Waals surface area contributed by atoms with Crippen LogP contribution in [0.2, 0.25) is 0 Å². The third-order valence-corrected chi connectivity index (χ3v) is 27.8. The molecule has 130 heavy (non-hydrogen) atoms. The summed E-state index contributed by atoms with van der Waals surface area (Å²) in [4.78, 5) is 12.3. The lowest BCUT2D eigenvalue weighted by Gasteiger charge is -2.45. The fourth-order valence-corrected chi connectivity index (χ4v) is 22.7. The van der Waals surface area contributed by atoms with Gasteiger partial charge in [0.1, 0.15) is 56.8 Å². The minimum Gasteiger partial charge on any atom is -0.458 e. The molecule has 6 aliphatic rings. The van der Waals surface area contributed by atoms with Gasteiger partial charge in [-0.05, 0) is 233 Å². The van der Waals surface area contributed by atoms with Crippen molar-refractivity contribution >= 4 is 210 Å². The zero-order valence-electron chi connectivity index (χ0n) is 74.7. The van der Waals surface area contributed by atoms with E-state index >= 15 is 0 Å². The molecule has 0 bridgehead atoms. The van der Waals surface area contributed by atoms with Gasteiger partial charge in [0.15, 0.2) is 0 Å². The molecule has 0 atom stereocenters. The zero-order valence-corrected chi connectivity index (χ0v) is 74.7. The third kappa shape index (κ3) is 11.7. The number of hydrogen-bond acceptors (Lipinski definition) is 11. The predicted octanol–water partition coefficient (Wildman–Crippen LogP) is 25.8. The molecule has 0 radical (unpaired) electrons. The Bertz CT molecular complexity index is 7840. The van der Waals surface area contributed by atoms with Crippen molar-refractivity contribution in [3.63, 3.8) is 0 Å². The van der Waals surface area contributed by atoms with Crippen LogP contribution in [-0.2, 0) is 10.8 Å². The zero-order chi connectivity index (χ0) is 87.8. The summed E-state index contributed by atoms with van der Waals surface area (Å²) < 4.78 is 38.5. The SMILES string of the molecule is Cc1cc(C)c(N2c3cc4c(cc3B3c5cc6c(cc5Oc5cc(N(c7ccccc7)c7ccccc7)cc2c53)N(c2c(C)cc(C)cc2C)c2cc(N(c3ccccc3)c3ccccc3)cc3c2B6c2ccc5oc6c(C(C)(C)C)cccc6c5c2O3)B2c3ccc5oc6c(C(C)(C)C)cccc6c5c3Oc3cc(N(c5ccccc5)c5ccccc5)cc(c32)N4)c(C)c1. The van der Waals surface area contributed by atoms with Crippen molar-refractivity contribution in [3.05, 3.63) is 372 Å². The smallest absolute Gasteiger partial charge is 0.256 e. The van der Waals surface area contributed by atoms with E-state index in [1.54, 1.807) is 0 Å². The first-order valence-corrected chi connectivity index (χ1v) is 45.3. The van der Waals surface area contributed by atoms with Gasteiger partial charge < -0.3 is 52.9 Å². The average Bonchev–Trinajstić information content (AvgIpc) is 0.945. The molecule has 8 heterocycles. The topological polar surface area (TPSA) is 82.2 Å². The highest BCUT2D eigenvalue weighted by atomic mass is 16.5. The summed E-state index contributed by atoms with van der Waals surface area (Å²) in [6.45, 7) is 25.9. The van der Waals surface area contributed by atoms with Gasteiger partial charge in [0.25, 0.3) is 20.1 Å². The maximum absolute atomic E-state index is 8.27. The molecular weight excluding hydrogens is 1590 g/mol. The van der Waals surface area contributed by atoms with Crippen molar-refractivity contribution in [2.75, 3.05) is 29.8 Å². The van der Waals surface area contributed by atoms with Gasteiger partial charge in [0, 0.05) is 114 Å². The molecule has 0 saturated carbocycles. The molecule has 624 valence electrons. The van der Waals surface area contributed by atoms with Gasteiger partial charge >= 0.3 is 0 Å². The number of nitrogens with one attached hydrogen (secondary N) is 1. The second kappa shape index (κ2) is 28.6. The summed E-state index contributed by atoms with van der Waals surface area (Å²) in [5, 5.41) is 8.23. The van der Waals surface area contributed by atoms with Crippen LogP contribution < -0.4 is 93.2 Å². The maximum atomic E-state index is 8.27. The van der Waals surface area contributed by atoms with Gasteiger partial charge in [0.05, 0.1) is 39.2 Å². The van der Waals surface area contributed by atoms with Crippen molar-refractivity contribution in [1.82, 2.24) is 0 Å². The molecule has 19 aromatic rings. The third-order valence-electron chi connectivity index (χ3n) is 27.8. The first-order chi connectivity index (χ1) is 63.2. The fraction of sp³-hybridized carbons (Fsp3) is 0.121. The number of furan rings is 2. The van der Waals surface area contributed by atoms with Gasteiger partial charge in [-0.3, -0.25) is 0 Å². The van der Waals surface area contributed by atoms with E-state index in [4.69, 9.17) is 23.0 Å². The summed E-state index contributed by atoms with van der Waals surface area (Å²) >= 11 is 0. The van der Waals surface area contributed by atoms with Crippen LogP contribution in [0.25, 0.3) is 43.9 Å². The minimum absolute atomic E-state index is 0.219. The maximum Gasteiger partial charge on any atom is 0.256 e. The normalized spacial score (nSPS) is 13.4. The number of nitrogens with zero attached hydrogens (tertiary/aromatic N) is 5. The second-order valence-electron chi connectivity index (χ2n) is 38.3. The number of rotatable bonds is 11. The van der Waals surface area contributed by atoms with E-state index < -0.39 is 13.4 Å². The predicted molar refractivity (Wildman–Crippen MR) is 543 cm³/mol. The highest BCUT2D eigenvalue weighted by Crippen LogP contribution is 2.55. The minimum atomic E-state index is -0.457. The molecular formula is C116H91B3N6O5. The molecule has 1 N–H and O–H groups in total. The first-order valence-electron chi connectivity index (χ1n) is 45.3. The van der Waals surface area contributed by atoms with Crippen molar-refractivity contribution in [2.45, 2.75) is 93.9 Å². The van der Waals surface area contributed by atoms with Crippen LogP contribution in [0.5, 0.6) is 34.5 Å². The van der Waals surface area contributed by atoms with Gasteiger partial charge in [0.2, 0.25) is 0 Å². The Morgan fingerprint density at radius 1 is 0.277 bits per heavy atom. The Kier molecular flexibility index (Phi) is 17.0. The van der Waals surface area contributed by atoms with Crippen LogP contribution in [-0.4, -0.2) is 20.1 Å². The monoisotopic (exact) mass is 1680 g/mol. The van der Waals surface area contributed by atoms with Crippen LogP contribution in [0.1, 0.15) is 86.1 Å². The molecule has 0 spiro atoms. The van der Waals surface area contributed by atoms with Crippen LogP contribution in [0.15, 0.2) is 336 Å². The lowest BCUT2D eigenvalue weighted by Crippen LogP contribution is -2.65. The van der Waals surface area contributed by atoms with Gasteiger partial charge in [-0.2, -0.15) is 0 Å². The Hall–Kier alpha value is -15.3. The molecule has 25 rings (SSSR count). The molecule has 0 amide bonds. The van der Waals surface area contributed by atoms with Crippen LogP contribution >= 0.6 is 0 Å². The Labute approximate surface area is 758 Å². The van der Waals surface area contributed by atoms with Crippen LogP contribution in [0, 0.1) is 41.5 Å². The van der Waals surface area contributed by atoms with Gasteiger partial charge in [-0.1, -0.05) is 247 Å². The van der Waals surface area contributed by atoms with Gasteiger partial charge in [-0.25, -0.2) is 0 Å². The molecule has 6 aliphatic heterocycles. The Balaban J connectivity index is 0.801. The summed E-state index contributed by atoms with van der Waals surface area (Å²) in [5.41, 5.74) is 38.8. The van der Waals surface area contributed by atoms with Crippen LogP contribution in [0.4, 0.5) is 96.7 Å². The first kappa shape index (κ1) is 77.1. The van der Waals surface area contributed by atoms with Crippen molar-refractivity contribution < 1.29 is 23.0 Å². The molecule has 0 fully saturated rings. The van der Waals surface area contributed by atoms with E-state index in [1.165, 1.54) is 11.1 Å². The van der Waals surface area contributed by atoms with E-state index in [-0.39, 0.29) is 17.5 Å². The second-order valence-corrected chi connectivity index (χ2v) is 38.3. The summed E-state index contributed by atoms with van der Waals surface area (Å²) in [5.74, 6) is 4.60. The number of para-hydroxylation sites is 8. The number of benzene rings is 17. The highest BCUT2D eigenvalue weighted by molar-refractivity contribution is 7.03. The largest absolute Gasteiger partial charge is 0.458 e. The molecule has 0 unspecified atom stereocenters. The summed E-state index contributed by atoms with van der Waals surface area (Å²) in [6.07, 6.45) is 0. The molecule has 17 aromatic carbocycles. The van der Waals surface area contributed by atoms with E-state index in [2.05, 4.69) is 440 Å². The number of ether oxygens (including phenoxy) is 3. The molecule has 11 nitrogen and oxygen atoms in total. The number of hydrogen-bond donors (Lipinski definition) is 1. The van der Waals surface area contributed by atoms with E-state index in [9.17, 15) is 0 Å². The van der Waals surface area contributed by atoms with Crippen molar-refractivity contribution in [3.8, 4) is 34.5 Å². The lowest BCUT2D eigenvalue weighted by atomic mass is 9.29. The molecule has 2 aromatic heterocycles. The van der Waals surface area contributed by atoms with Crippen LogP contribution in [0.3, 0.4) is 0 Å². The average molecular weight is 1680 g/mol. The molecule has 14 heteroatoms. The highest BCUT2D eigenvalue weighted by Gasteiger charge is 2.51. The molecule has 0 saturated heterocycles. The Morgan fingerprint density at radius 3 is 1.03 bits per heavy atom. The van der Waals surface area contributed by atoms with E-state index in [0.29, 0.717) is 0 Å². The quantitative estimate of drug-likeness (QED) is 0.126.